The van der Waals surface area contributed by atoms with Crippen LogP contribution < -0.4 is 0 Å². The molecule has 2 rings (SSSR count). The van der Waals surface area contributed by atoms with Crippen molar-refractivity contribution in [1.29, 1.82) is 0 Å². The Morgan fingerprint density at radius 3 is 2.82 bits per heavy atom. The molecule has 0 aliphatic carbocycles. The van der Waals surface area contributed by atoms with E-state index in [1.807, 2.05) is 6.92 Å². The van der Waals surface area contributed by atoms with Gasteiger partial charge in [0.2, 0.25) is 0 Å². The molecular formula is C17H24FNO3. The number of aliphatic hydroxyl groups is 1. The van der Waals surface area contributed by atoms with E-state index in [1.54, 1.807) is 0 Å². The molecule has 1 fully saturated rings. The summed E-state index contributed by atoms with van der Waals surface area (Å²) in [5, 5.41) is 20.4. The van der Waals surface area contributed by atoms with Crippen molar-refractivity contribution in [1.82, 2.24) is 4.90 Å². The Morgan fingerprint density at radius 1 is 1.45 bits per heavy atom. The summed E-state index contributed by atoms with van der Waals surface area (Å²) in [7, 11) is 0. The van der Waals surface area contributed by atoms with E-state index in [9.17, 15) is 19.4 Å². The van der Waals surface area contributed by atoms with Crippen LogP contribution in [0.1, 0.15) is 55.5 Å². The summed E-state index contributed by atoms with van der Waals surface area (Å²) in [6, 6.07) is 2.35. The number of phenolic OH excluding ortho intramolecular Hbond substituents is 1. The quantitative estimate of drug-likeness (QED) is 0.821. The van der Waals surface area contributed by atoms with Gasteiger partial charge < -0.3 is 10.2 Å². The van der Waals surface area contributed by atoms with E-state index in [0.717, 1.165) is 31.9 Å². The number of benzene rings is 1. The van der Waals surface area contributed by atoms with Crippen molar-refractivity contribution >= 4 is 5.78 Å². The maximum absolute atomic E-state index is 13.7. The fourth-order valence-corrected chi connectivity index (χ4v) is 3.18. The molecule has 1 heterocycles. The molecule has 5 heteroatoms. The molecule has 4 nitrogen and oxygen atoms in total. The lowest BCUT2D eigenvalue weighted by atomic mass is 9.94. The Hall–Kier alpha value is -1.46. The van der Waals surface area contributed by atoms with Gasteiger partial charge in [-0.2, -0.15) is 0 Å². The number of aromatic hydroxyl groups is 1. The summed E-state index contributed by atoms with van der Waals surface area (Å²) >= 11 is 0. The van der Waals surface area contributed by atoms with E-state index in [1.165, 1.54) is 13.0 Å². The van der Waals surface area contributed by atoms with E-state index < -0.39 is 11.9 Å². The van der Waals surface area contributed by atoms with Crippen molar-refractivity contribution in [3.8, 4) is 5.75 Å². The lowest BCUT2D eigenvalue weighted by Crippen LogP contribution is -2.46. The molecule has 0 aromatic heterocycles. The molecule has 0 radical (unpaired) electrons. The van der Waals surface area contributed by atoms with Gasteiger partial charge in [0.1, 0.15) is 11.6 Å². The van der Waals surface area contributed by atoms with E-state index in [2.05, 4.69) is 4.90 Å². The van der Waals surface area contributed by atoms with Crippen LogP contribution in [-0.4, -0.2) is 39.6 Å². The third kappa shape index (κ3) is 3.65. The van der Waals surface area contributed by atoms with E-state index >= 15 is 0 Å². The molecule has 1 saturated heterocycles. The third-order valence-corrected chi connectivity index (χ3v) is 4.43. The molecule has 22 heavy (non-hydrogen) atoms. The Kier molecular flexibility index (Phi) is 5.53. The third-order valence-electron chi connectivity index (χ3n) is 4.43. The molecule has 0 amide bonds. The molecule has 1 aromatic rings. The molecule has 2 N–H and O–H groups in total. The van der Waals surface area contributed by atoms with Gasteiger partial charge in [-0.15, -0.1) is 0 Å². The summed E-state index contributed by atoms with van der Waals surface area (Å²) in [6.45, 7) is 4.38. The number of hydrogen-bond donors (Lipinski definition) is 2. The number of ketones is 1. The van der Waals surface area contributed by atoms with E-state index in [-0.39, 0.29) is 23.1 Å². The van der Waals surface area contributed by atoms with Gasteiger partial charge in [0.15, 0.2) is 5.78 Å². The Bertz CT molecular complexity index is 547. The first-order valence-corrected chi connectivity index (χ1v) is 7.88. The molecule has 0 saturated carbocycles. The Labute approximate surface area is 130 Å². The summed E-state index contributed by atoms with van der Waals surface area (Å²) < 4.78 is 13.7. The van der Waals surface area contributed by atoms with Crippen molar-refractivity contribution in [3.05, 3.63) is 29.1 Å². The number of likely N-dealkylation sites (tertiary alicyclic amines) is 1. The number of aliphatic hydroxyl groups excluding tert-OH is 1. The highest BCUT2D eigenvalue weighted by Crippen LogP contribution is 2.29. The molecule has 2 unspecified atom stereocenters. The normalized spacial score (nSPS) is 20.8. The molecule has 1 aromatic carbocycles. The van der Waals surface area contributed by atoms with E-state index in [4.69, 9.17) is 0 Å². The number of nitrogens with zero attached hydrogens (tertiary/aromatic N) is 1. The number of carbonyl (C=O) groups is 1. The maximum Gasteiger partial charge on any atom is 0.163 e. The van der Waals surface area contributed by atoms with Crippen molar-refractivity contribution in [2.45, 2.75) is 58.2 Å². The van der Waals surface area contributed by atoms with Gasteiger partial charge in [-0.3, -0.25) is 9.69 Å². The second-order valence-corrected chi connectivity index (χ2v) is 6.03. The number of carbonyl (C=O) groups excluding carboxylic acids is 1. The van der Waals surface area contributed by atoms with Crippen LogP contribution in [0.15, 0.2) is 12.1 Å². The fraction of sp³-hybridized carbons (Fsp3) is 0.588. The molecule has 0 bridgehead atoms. The minimum Gasteiger partial charge on any atom is -0.507 e. The Balaban J connectivity index is 2.26. The van der Waals surface area contributed by atoms with Crippen LogP contribution >= 0.6 is 0 Å². The average Bonchev–Trinajstić information content (AvgIpc) is 2.50. The van der Waals surface area contributed by atoms with Crippen molar-refractivity contribution in [2.24, 2.45) is 0 Å². The number of rotatable bonds is 5. The number of phenols is 1. The zero-order valence-electron chi connectivity index (χ0n) is 13.2. The van der Waals surface area contributed by atoms with Crippen LogP contribution in [0, 0.1) is 5.82 Å². The van der Waals surface area contributed by atoms with Crippen molar-refractivity contribution < 1.29 is 19.4 Å². The molecule has 2 atom stereocenters. The van der Waals surface area contributed by atoms with Gasteiger partial charge in [-0.1, -0.05) is 13.3 Å². The predicted molar refractivity (Wildman–Crippen MR) is 82.4 cm³/mol. The van der Waals surface area contributed by atoms with Gasteiger partial charge in [0, 0.05) is 18.2 Å². The highest BCUT2D eigenvalue weighted by molar-refractivity contribution is 5.97. The lowest BCUT2D eigenvalue weighted by Gasteiger charge is -2.38. The number of hydrogen-bond acceptors (Lipinski definition) is 4. The van der Waals surface area contributed by atoms with Crippen LogP contribution in [-0.2, 0) is 6.54 Å². The first-order valence-electron chi connectivity index (χ1n) is 7.88. The average molecular weight is 309 g/mol. The monoisotopic (exact) mass is 309 g/mol. The number of halogens is 1. The SMILES string of the molecule is CCC(O)C1CCCCN1Cc1cc(F)cc(C(C)=O)c1O. The second-order valence-electron chi connectivity index (χ2n) is 6.03. The molecule has 1 aliphatic rings. The first-order chi connectivity index (χ1) is 10.4. The standard InChI is InChI=1S/C17H24FNO3/c1-3-16(21)15-6-4-5-7-19(15)10-12-8-13(18)9-14(11(2)20)17(12)22/h8-9,15-16,21-22H,3-7,10H2,1-2H3. The lowest BCUT2D eigenvalue weighted by molar-refractivity contribution is 0.0191. The fourth-order valence-electron chi connectivity index (χ4n) is 3.18. The molecule has 0 spiro atoms. The predicted octanol–water partition coefficient (Wildman–Crippen LogP) is 2.86. The van der Waals surface area contributed by atoms with Crippen LogP contribution in [0.4, 0.5) is 4.39 Å². The van der Waals surface area contributed by atoms with Gasteiger partial charge in [0.05, 0.1) is 11.7 Å². The first kappa shape index (κ1) is 16.9. The van der Waals surface area contributed by atoms with Crippen LogP contribution in [0.2, 0.25) is 0 Å². The summed E-state index contributed by atoms with van der Waals surface area (Å²) in [6.07, 6.45) is 3.21. The van der Waals surface area contributed by atoms with Gasteiger partial charge >= 0.3 is 0 Å². The van der Waals surface area contributed by atoms with Gasteiger partial charge in [-0.25, -0.2) is 4.39 Å². The smallest absolute Gasteiger partial charge is 0.163 e. The second kappa shape index (κ2) is 7.20. The maximum atomic E-state index is 13.7. The minimum absolute atomic E-state index is 0.0135. The minimum atomic E-state index is -0.525. The topological polar surface area (TPSA) is 60.8 Å². The van der Waals surface area contributed by atoms with Gasteiger partial charge in [0.25, 0.3) is 0 Å². The van der Waals surface area contributed by atoms with Crippen molar-refractivity contribution in [2.75, 3.05) is 6.54 Å². The van der Waals surface area contributed by atoms with E-state index in [0.29, 0.717) is 18.5 Å². The molecule has 122 valence electrons. The van der Waals surface area contributed by atoms with Crippen LogP contribution in [0.3, 0.4) is 0 Å². The highest BCUT2D eigenvalue weighted by atomic mass is 19.1. The molecular weight excluding hydrogens is 285 g/mol. The van der Waals surface area contributed by atoms with Crippen LogP contribution in [0.25, 0.3) is 0 Å². The summed E-state index contributed by atoms with van der Waals surface area (Å²) in [4.78, 5) is 13.6. The highest BCUT2D eigenvalue weighted by Gasteiger charge is 2.28. The largest absolute Gasteiger partial charge is 0.507 e. The van der Waals surface area contributed by atoms with Gasteiger partial charge in [-0.05, 0) is 44.9 Å². The zero-order valence-corrected chi connectivity index (χ0v) is 13.2. The number of piperidine rings is 1. The Morgan fingerprint density at radius 2 is 2.18 bits per heavy atom. The number of Topliss-reactive ketones (excluding diaryl/α,β-unsaturated/α-hetero) is 1. The zero-order chi connectivity index (χ0) is 16.3. The van der Waals surface area contributed by atoms with Crippen LogP contribution in [0.5, 0.6) is 5.75 Å². The summed E-state index contributed by atoms with van der Waals surface area (Å²) in [5.74, 6) is -1.03. The van der Waals surface area contributed by atoms with Crippen molar-refractivity contribution in [3.63, 3.8) is 0 Å². The summed E-state index contributed by atoms with van der Waals surface area (Å²) in [5.41, 5.74) is 0.417. The molecule has 1 aliphatic heterocycles.